The van der Waals surface area contributed by atoms with Crippen LogP contribution in [0.4, 0.5) is 0 Å². The van der Waals surface area contributed by atoms with Gasteiger partial charge in [0, 0.05) is 19.7 Å². The minimum absolute atomic E-state index is 0.254. The largest absolute Gasteiger partial charge is 0.396 e. The first-order valence-electron chi connectivity index (χ1n) is 5.63. The van der Waals surface area contributed by atoms with E-state index in [0.717, 1.165) is 25.9 Å². The number of ether oxygens (including phenoxy) is 1. The van der Waals surface area contributed by atoms with Crippen LogP contribution in [0.5, 0.6) is 0 Å². The minimum Gasteiger partial charge on any atom is -0.396 e. The van der Waals surface area contributed by atoms with Gasteiger partial charge >= 0.3 is 0 Å². The van der Waals surface area contributed by atoms with Gasteiger partial charge in [-0.05, 0) is 39.5 Å². The SMILES string of the molecule is CC(C)(C)OC(O)N1CCC(CO)CC1. The van der Waals surface area contributed by atoms with Gasteiger partial charge in [-0.2, -0.15) is 0 Å². The molecule has 1 fully saturated rings. The van der Waals surface area contributed by atoms with Crippen LogP contribution in [0.2, 0.25) is 0 Å². The summed E-state index contributed by atoms with van der Waals surface area (Å²) >= 11 is 0. The van der Waals surface area contributed by atoms with Crippen LogP contribution in [0.1, 0.15) is 33.6 Å². The van der Waals surface area contributed by atoms with E-state index in [9.17, 15) is 5.11 Å². The zero-order valence-electron chi connectivity index (χ0n) is 9.94. The lowest BCUT2D eigenvalue weighted by atomic mass is 9.98. The van der Waals surface area contributed by atoms with E-state index in [1.54, 1.807) is 0 Å². The van der Waals surface area contributed by atoms with Gasteiger partial charge in [-0.3, -0.25) is 4.90 Å². The first kappa shape index (κ1) is 12.9. The fraction of sp³-hybridized carbons (Fsp3) is 1.00. The Hall–Kier alpha value is -0.160. The van der Waals surface area contributed by atoms with E-state index in [1.165, 1.54) is 0 Å². The number of rotatable bonds is 3. The van der Waals surface area contributed by atoms with Gasteiger partial charge in [0.05, 0.1) is 5.60 Å². The quantitative estimate of drug-likeness (QED) is 0.686. The summed E-state index contributed by atoms with van der Waals surface area (Å²) in [5.74, 6) is 0.392. The van der Waals surface area contributed by atoms with Crippen LogP contribution >= 0.6 is 0 Å². The Labute approximate surface area is 91.8 Å². The number of aliphatic hydroxyl groups excluding tert-OH is 2. The second-order valence-corrected chi connectivity index (χ2v) is 5.22. The zero-order chi connectivity index (χ0) is 11.5. The van der Waals surface area contributed by atoms with Crippen molar-refractivity contribution in [3.8, 4) is 0 Å². The predicted octanol–water partition coefficient (Wildman–Crippen LogP) is 0.782. The van der Waals surface area contributed by atoms with Gasteiger partial charge in [-0.15, -0.1) is 0 Å². The van der Waals surface area contributed by atoms with E-state index >= 15 is 0 Å². The highest BCUT2D eigenvalue weighted by Gasteiger charge is 2.26. The van der Waals surface area contributed by atoms with Gasteiger partial charge < -0.3 is 14.9 Å². The molecule has 0 aromatic carbocycles. The molecule has 4 nitrogen and oxygen atoms in total. The zero-order valence-corrected chi connectivity index (χ0v) is 9.94. The van der Waals surface area contributed by atoms with Crippen molar-refractivity contribution >= 4 is 0 Å². The lowest BCUT2D eigenvalue weighted by Crippen LogP contribution is -2.46. The topological polar surface area (TPSA) is 52.9 Å². The summed E-state index contributed by atoms with van der Waals surface area (Å²) in [4.78, 5) is 1.91. The van der Waals surface area contributed by atoms with E-state index in [2.05, 4.69) is 0 Å². The minimum atomic E-state index is -0.815. The molecule has 1 saturated heterocycles. The van der Waals surface area contributed by atoms with Crippen molar-refractivity contribution in [3.63, 3.8) is 0 Å². The highest BCUT2D eigenvalue weighted by molar-refractivity contribution is 4.72. The molecule has 1 aliphatic rings. The summed E-state index contributed by atoms with van der Waals surface area (Å²) in [5.41, 5.74) is -0.326. The Morgan fingerprint density at radius 2 is 1.87 bits per heavy atom. The van der Waals surface area contributed by atoms with Gasteiger partial charge in [-0.25, -0.2) is 0 Å². The van der Waals surface area contributed by atoms with Crippen LogP contribution in [-0.4, -0.2) is 46.8 Å². The number of hydrogen-bond acceptors (Lipinski definition) is 4. The molecule has 15 heavy (non-hydrogen) atoms. The molecular formula is C11H23NO3. The molecule has 1 aliphatic heterocycles. The summed E-state index contributed by atoms with van der Waals surface area (Å²) in [7, 11) is 0. The van der Waals surface area contributed by atoms with Crippen molar-refractivity contribution < 1.29 is 14.9 Å². The maximum atomic E-state index is 9.81. The van der Waals surface area contributed by atoms with E-state index in [-0.39, 0.29) is 12.2 Å². The molecule has 4 heteroatoms. The van der Waals surface area contributed by atoms with Crippen molar-refractivity contribution in [1.29, 1.82) is 0 Å². The lowest BCUT2D eigenvalue weighted by molar-refractivity contribution is -0.243. The van der Waals surface area contributed by atoms with Gasteiger partial charge in [0.25, 0.3) is 0 Å². The third-order valence-corrected chi connectivity index (χ3v) is 2.68. The van der Waals surface area contributed by atoms with Crippen LogP contribution in [0, 0.1) is 5.92 Å². The molecule has 0 aromatic rings. The molecule has 1 rings (SSSR count). The summed E-state index contributed by atoms with van der Waals surface area (Å²) in [6.07, 6.45) is 1.05. The Bertz CT molecular complexity index is 183. The Morgan fingerprint density at radius 1 is 1.33 bits per heavy atom. The molecule has 1 atom stereocenters. The summed E-state index contributed by atoms with van der Waals surface area (Å²) in [6, 6.07) is 0. The maximum absolute atomic E-state index is 9.81. The maximum Gasteiger partial charge on any atom is 0.216 e. The molecule has 0 amide bonds. The molecule has 0 radical (unpaired) electrons. The molecular weight excluding hydrogens is 194 g/mol. The van der Waals surface area contributed by atoms with E-state index < -0.39 is 6.41 Å². The normalized spacial score (nSPS) is 23.0. The van der Waals surface area contributed by atoms with Crippen molar-refractivity contribution in [2.24, 2.45) is 5.92 Å². The standard InChI is InChI=1S/C11H23NO3/c1-11(2,3)15-10(14)12-6-4-9(8-13)5-7-12/h9-10,13-14H,4-8H2,1-3H3. The van der Waals surface area contributed by atoms with E-state index in [4.69, 9.17) is 9.84 Å². The molecule has 2 N–H and O–H groups in total. The monoisotopic (exact) mass is 217 g/mol. The molecule has 1 unspecified atom stereocenters. The molecule has 1 heterocycles. The molecule has 0 spiro atoms. The van der Waals surface area contributed by atoms with Crippen molar-refractivity contribution in [1.82, 2.24) is 4.90 Å². The number of piperidine rings is 1. The Kier molecular flexibility index (Phi) is 4.52. The van der Waals surface area contributed by atoms with Crippen LogP contribution in [0.25, 0.3) is 0 Å². The first-order chi connectivity index (χ1) is 6.92. The third-order valence-electron chi connectivity index (χ3n) is 2.68. The van der Waals surface area contributed by atoms with E-state index in [1.807, 2.05) is 25.7 Å². The fourth-order valence-corrected chi connectivity index (χ4v) is 1.75. The average molecular weight is 217 g/mol. The van der Waals surface area contributed by atoms with Crippen LogP contribution in [0.15, 0.2) is 0 Å². The highest BCUT2D eigenvalue weighted by Crippen LogP contribution is 2.20. The highest BCUT2D eigenvalue weighted by atomic mass is 16.6. The Morgan fingerprint density at radius 3 is 2.27 bits per heavy atom. The van der Waals surface area contributed by atoms with Gasteiger partial charge in [0.2, 0.25) is 6.41 Å². The van der Waals surface area contributed by atoms with Gasteiger partial charge in [0.1, 0.15) is 0 Å². The number of nitrogens with zero attached hydrogens (tertiary/aromatic N) is 1. The number of likely N-dealkylation sites (tertiary alicyclic amines) is 1. The molecule has 0 bridgehead atoms. The second kappa shape index (κ2) is 5.25. The van der Waals surface area contributed by atoms with Crippen LogP contribution < -0.4 is 0 Å². The number of hydrogen-bond donors (Lipinski definition) is 2. The van der Waals surface area contributed by atoms with Crippen LogP contribution in [0.3, 0.4) is 0 Å². The first-order valence-corrected chi connectivity index (χ1v) is 5.63. The second-order valence-electron chi connectivity index (χ2n) is 5.22. The molecule has 0 saturated carbocycles. The van der Waals surface area contributed by atoms with Crippen LogP contribution in [-0.2, 0) is 4.74 Å². The fourth-order valence-electron chi connectivity index (χ4n) is 1.75. The predicted molar refractivity (Wildman–Crippen MR) is 58.2 cm³/mol. The molecule has 0 aliphatic carbocycles. The van der Waals surface area contributed by atoms with E-state index in [0.29, 0.717) is 5.92 Å². The summed E-state index contributed by atoms with van der Waals surface area (Å²) < 4.78 is 5.46. The smallest absolute Gasteiger partial charge is 0.216 e. The van der Waals surface area contributed by atoms with Gasteiger partial charge in [0.15, 0.2) is 0 Å². The van der Waals surface area contributed by atoms with Crippen molar-refractivity contribution in [3.05, 3.63) is 0 Å². The third kappa shape index (κ3) is 4.47. The van der Waals surface area contributed by atoms with Gasteiger partial charge in [-0.1, -0.05) is 0 Å². The Balaban J connectivity index is 2.33. The molecule has 90 valence electrons. The summed E-state index contributed by atoms with van der Waals surface area (Å²) in [5, 5.41) is 18.8. The molecule has 0 aromatic heterocycles. The van der Waals surface area contributed by atoms with Crippen molar-refractivity contribution in [2.45, 2.75) is 45.6 Å². The van der Waals surface area contributed by atoms with Crippen molar-refractivity contribution in [2.75, 3.05) is 19.7 Å². The average Bonchev–Trinajstić information content (AvgIpc) is 2.15. The summed E-state index contributed by atoms with van der Waals surface area (Å²) in [6.45, 7) is 7.62. The lowest BCUT2D eigenvalue weighted by Gasteiger charge is -2.36. The number of aliphatic hydroxyl groups is 2.